The molecular formula is C16H22BNO3S. The Bertz CT molecular complexity index is 571. The van der Waals surface area contributed by atoms with Crippen molar-refractivity contribution in [3.8, 4) is 0 Å². The average molecular weight is 319 g/mol. The zero-order valence-corrected chi connectivity index (χ0v) is 14.6. The molecule has 4 nitrogen and oxygen atoms in total. The van der Waals surface area contributed by atoms with Gasteiger partial charge < -0.3 is 9.31 Å². The molecule has 118 valence electrons. The van der Waals surface area contributed by atoms with Crippen LogP contribution in [0.1, 0.15) is 40.2 Å². The maximum atomic E-state index is 10.9. The van der Waals surface area contributed by atoms with Crippen LogP contribution in [0.2, 0.25) is 0 Å². The molecule has 0 unspecified atom stereocenters. The molecule has 1 saturated heterocycles. The van der Waals surface area contributed by atoms with Gasteiger partial charge in [-0.25, -0.2) is 0 Å². The fraction of sp³-hybridized carbons (Fsp3) is 0.500. The summed E-state index contributed by atoms with van der Waals surface area (Å²) in [6, 6.07) is 2.00. The summed E-state index contributed by atoms with van der Waals surface area (Å²) < 4.78 is 12.1. The van der Waals surface area contributed by atoms with Crippen LogP contribution in [0.3, 0.4) is 0 Å². The van der Waals surface area contributed by atoms with Crippen molar-refractivity contribution in [1.29, 1.82) is 0 Å². The van der Waals surface area contributed by atoms with E-state index in [0.717, 1.165) is 11.0 Å². The van der Waals surface area contributed by atoms with Crippen LogP contribution in [0.5, 0.6) is 0 Å². The van der Waals surface area contributed by atoms with E-state index in [0.29, 0.717) is 5.75 Å². The molecule has 1 aliphatic heterocycles. The molecule has 0 atom stereocenters. The zero-order valence-electron chi connectivity index (χ0n) is 13.8. The van der Waals surface area contributed by atoms with Crippen LogP contribution in [-0.2, 0) is 14.1 Å². The molecule has 1 aliphatic rings. The molecule has 0 saturated carbocycles. The lowest BCUT2D eigenvalue weighted by Crippen LogP contribution is -2.41. The number of nitrogens with zero attached hydrogens (tertiary/aromatic N) is 1. The van der Waals surface area contributed by atoms with Crippen LogP contribution in [0.15, 0.2) is 24.5 Å². The Morgan fingerprint density at radius 1 is 1.27 bits per heavy atom. The van der Waals surface area contributed by atoms with Gasteiger partial charge in [-0.15, -0.1) is 0 Å². The number of carbonyl (C=O) groups excluding carboxylic acids is 1. The van der Waals surface area contributed by atoms with Gasteiger partial charge in [0.2, 0.25) is 0 Å². The summed E-state index contributed by atoms with van der Waals surface area (Å²) in [6.45, 7) is 9.69. The summed E-state index contributed by atoms with van der Waals surface area (Å²) in [5, 5.41) is 0.119. The lowest BCUT2D eigenvalue weighted by Gasteiger charge is -2.32. The third-order valence-corrected chi connectivity index (χ3v) is 4.76. The molecule has 0 bridgehead atoms. The second kappa shape index (κ2) is 6.56. The second-order valence-corrected chi connectivity index (χ2v) is 7.54. The topological polar surface area (TPSA) is 48.4 Å². The molecule has 1 aromatic heterocycles. The molecule has 0 aromatic carbocycles. The van der Waals surface area contributed by atoms with E-state index >= 15 is 0 Å². The van der Waals surface area contributed by atoms with Gasteiger partial charge >= 0.3 is 7.12 Å². The quantitative estimate of drug-likeness (QED) is 0.799. The Balaban J connectivity index is 2.08. The van der Waals surface area contributed by atoms with Crippen LogP contribution in [0.25, 0.3) is 6.08 Å². The van der Waals surface area contributed by atoms with Crippen LogP contribution in [0, 0.1) is 0 Å². The van der Waals surface area contributed by atoms with E-state index in [2.05, 4.69) is 4.98 Å². The Hall–Kier alpha value is -1.11. The normalized spacial score (nSPS) is 19.8. The minimum atomic E-state index is -0.405. The van der Waals surface area contributed by atoms with Crippen LogP contribution in [0.4, 0.5) is 0 Å². The number of hydrogen-bond acceptors (Lipinski definition) is 5. The van der Waals surface area contributed by atoms with Gasteiger partial charge in [0.1, 0.15) is 0 Å². The Morgan fingerprint density at radius 3 is 2.50 bits per heavy atom. The predicted molar refractivity (Wildman–Crippen MR) is 92.1 cm³/mol. The van der Waals surface area contributed by atoms with Crippen LogP contribution in [-0.4, -0.2) is 34.2 Å². The van der Waals surface area contributed by atoms with Crippen molar-refractivity contribution in [2.75, 3.05) is 5.75 Å². The summed E-state index contributed by atoms with van der Waals surface area (Å²) in [4.78, 5) is 15.1. The Labute approximate surface area is 136 Å². The Morgan fingerprint density at radius 2 is 1.91 bits per heavy atom. The van der Waals surface area contributed by atoms with Crippen molar-refractivity contribution >= 4 is 35.5 Å². The van der Waals surface area contributed by atoms with Gasteiger partial charge in [-0.2, -0.15) is 0 Å². The summed E-state index contributed by atoms with van der Waals surface area (Å²) in [6.07, 6.45) is 7.46. The molecule has 1 fully saturated rings. The molecule has 1 aromatic rings. The van der Waals surface area contributed by atoms with Crippen LogP contribution >= 0.6 is 11.8 Å². The van der Waals surface area contributed by atoms with Crippen molar-refractivity contribution in [1.82, 2.24) is 4.98 Å². The largest absolute Gasteiger partial charge is 0.496 e. The van der Waals surface area contributed by atoms with Gasteiger partial charge in [0, 0.05) is 30.5 Å². The second-order valence-electron chi connectivity index (χ2n) is 6.34. The number of aromatic nitrogens is 1. The van der Waals surface area contributed by atoms with Crippen molar-refractivity contribution in [2.45, 2.75) is 45.8 Å². The van der Waals surface area contributed by atoms with E-state index in [1.807, 2.05) is 45.9 Å². The number of thioether (sulfide) groups is 1. The SMILES string of the molecule is CC(=O)SCC=Cc1cncc(B2OC(C)(C)C(C)(C)O2)c1. The molecule has 0 aliphatic carbocycles. The first-order chi connectivity index (χ1) is 10.2. The van der Waals surface area contributed by atoms with Gasteiger partial charge in [0.15, 0.2) is 5.12 Å². The van der Waals surface area contributed by atoms with E-state index < -0.39 is 7.12 Å². The van der Waals surface area contributed by atoms with Gasteiger partial charge in [-0.1, -0.05) is 30.0 Å². The number of rotatable bonds is 4. The molecule has 22 heavy (non-hydrogen) atoms. The third kappa shape index (κ3) is 4.00. The third-order valence-electron chi connectivity index (χ3n) is 4.00. The van der Waals surface area contributed by atoms with Crippen molar-refractivity contribution < 1.29 is 14.1 Å². The van der Waals surface area contributed by atoms with E-state index in [-0.39, 0.29) is 16.3 Å². The van der Waals surface area contributed by atoms with Crippen molar-refractivity contribution in [3.63, 3.8) is 0 Å². The predicted octanol–water partition coefficient (Wildman–Crippen LogP) is 2.67. The molecule has 0 spiro atoms. The first-order valence-electron chi connectivity index (χ1n) is 7.32. The van der Waals surface area contributed by atoms with Gasteiger partial charge in [-0.05, 0) is 33.3 Å². The number of carbonyl (C=O) groups is 1. The highest BCUT2D eigenvalue weighted by atomic mass is 32.2. The highest BCUT2D eigenvalue weighted by Gasteiger charge is 2.51. The smallest absolute Gasteiger partial charge is 0.399 e. The molecule has 2 heterocycles. The molecule has 2 rings (SSSR count). The lowest BCUT2D eigenvalue weighted by molar-refractivity contribution is -0.109. The summed E-state index contributed by atoms with van der Waals surface area (Å²) in [7, 11) is -0.405. The van der Waals surface area contributed by atoms with Gasteiger partial charge in [0.25, 0.3) is 0 Å². The summed E-state index contributed by atoms with van der Waals surface area (Å²) in [5.41, 5.74) is 1.15. The fourth-order valence-electron chi connectivity index (χ4n) is 2.03. The van der Waals surface area contributed by atoms with E-state index in [1.165, 1.54) is 11.8 Å². The highest BCUT2D eigenvalue weighted by Crippen LogP contribution is 2.36. The first kappa shape index (κ1) is 17.3. The molecule has 6 heteroatoms. The van der Waals surface area contributed by atoms with E-state index in [1.54, 1.807) is 19.3 Å². The van der Waals surface area contributed by atoms with Crippen LogP contribution < -0.4 is 5.46 Å². The fourth-order valence-corrected chi connectivity index (χ4v) is 2.45. The monoisotopic (exact) mass is 319 g/mol. The zero-order chi connectivity index (χ0) is 16.4. The van der Waals surface area contributed by atoms with E-state index in [9.17, 15) is 4.79 Å². The number of hydrogen-bond donors (Lipinski definition) is 0. The molecule has 0 N–H and O–H groups in total. The van der Waals surface area contributed by atoms with Gasteiger partial charge in [0.05, 0.1) is 11.2 Å². The number of pyridine rings is 1. The first-order valence-corrected chi connectivity index (χ1v) is 8.30. The Kier molecular flexibility index (Phi) is 5.15. The molecule has 0 amide bonds. The molecule has 0 radical (unpaired) electrons. The lowest BCUT2D eigenvalue weighted by atomic mass is 9.80. The average Bonchev–Trinajstić information content (AvgIpc) is 2.64. The van der Waals surface area contributed by atoms with Crippen molar-refractivity contribution in [2.24, 2.45) is 0 Å². The highest BCUT2D eigenvalue weighted by molar-refractivity contribution is 8.13. The van der Waals surface area contributed by atoms with Crippen molar-refractivity contribution in [3.05, 3.63) is 30.1 Å². The summed E-state index contributed by atoms with van der Waals surface area (Å²) >= 11 is 1.28. The minimum Gasteiger partial charge on any atom is -0.399 e. The maximum absolute atomic E-state index is 10.9. The maximum Gasteiger partial charge on any atom is 0.496 e. The van der Waals surface area contributed by atoms with Gasteiger partial charge in [-0.3, -0.25) is 9.78 Å². The van der Waals surface area contributed by atoms with E-state index in [4.69, 9.17) is 9.31 Å². The summed E-state index contributed by atoms with van der Waals surface area (Å²) in [5.74, 6) is 0.663. The molecular weight excluding hydrogens is 297 g/mol. The standard InChI is InChI=1S/C16H22BNO3S/c1-12(19)22-8-6-7-13-9-14(11-18-10-13)17-20-15(2,3)16(4,5)21-17/h6-7,9-11H,8H2,1-5H3. The minimum absolute atomic E-state index is 0.119.